The third-order valence-corrected chi connectivity index (χ3v) is 2.92. The Labute approximate surface area is 109 Å². The molecule has 0 radical (unpaired) electrons. The van der Waals surface area contributed by atoms with Crippen LogP contribution in [-0.4, -0.2) is 25.8 Å². The molecule has 0 saturated carbocycles. The highest BCUT2D eigenvalue weighted by atomic mass is 16.7. The summed E-state index contributed by atoms with van der Waals surface area (Å²) < 4.78 is 0. The molecular formula is C15H33NO. The van der Waals surface area contributed by atoms with E-state index in [1.165, 1.54) is 51.4 Å². The first-order valence-corrected chi connectivity index (χ1v) is 7.22. The highest BCUT2D eigenvalue weighted by molar-refractivity contribution is 4.60. The molecular weight excluding hydrogens is 210 g/mol. The fourth-order valence-corrected chi connectivity index (χ4v) is 1.89. The van der Waals surface area contributed by atoms with E-state index < -0.39 is 0 Å². The molecule has 0 aliphatic rings. The largest absolute Gasteiger partial charge is 0.300 e. The molecule has 0 aromatic carbocycles. The summed E-state index contributed by atoms with van der Waals surface area (Å²) in [6.45, 7) is 7.87. The predicted octanol–water partition coefficient (Wildman–Crippen LogP) is 4.65. The molecule has 2 nitrogen and oxygen atoms in total. The Morgan fingerprint density at radius 3 is 1.71 bits per heavy atom. The molecule has 0 heterocycles. The average Bonchev–Trinajstić information content (AvgIpc) is 2.18. The van der Waals surface area contributed by atoms with E-state index in [1.807, 2.05) is 14.1 Å². The number of rotatable bonds is 10. The van der Waals surface area contributed by atoms with Crippen LogP contribution in [0.3, 0.4) is 0 Å². The molecule has 0 aromatic heterocycles. The minimum atomic E-state index is 0.517. The van der Waals surface area contributed by atoms with Crippen molar-refractivity contribution in [3.05, 3.63) is 0 Å². The average molecular weight is 243 g/mol. The third-order valence-electron chi connectivity index (χ3n) is 2.92. The molecule has 2 heteroatoms. The van der Waals surface area contributed by atoms with Crippen molar-refractivity contribution in [3.8, 4) is 0 Å². The molecule has 0 saturated heterocycles. The summed E-state index contributed by atoms with van der Waals surface area (Å²) in [5, 5.41) is 1.78. The van der Waals surface area contributed by atoms with Crippen molar-refractivity contribution < 1.29 is 4.84 Å². The summed E-state index contributed by atoms with van der Waals surface area (Å²) in [5.74, 6) is 0. The zero-order valence-corrected chi connectivity index (χ0v) is 12.7. The molecule has 0 bridgehead atoms. The SMILES string of the molecule is CN(C)OCCCCCCCCCC(C)(C)C. The van der Waals surface area contributed by atoms with E-state index >= 15 is 0 Å². The Morgan fingerprint density at radius 1 is 0.765 bits per heavy atom. The lowest BCUT2D eigenvalue weighted by atomic mass is 9.89. The Morgan fingerprint density at radius 2 is 1.24 bits per heavy atom. The van der Waals surface area contributed by atoms with Crippen LogP contribution in [0.4, 0.5) is 0 Å². The molecule has 0 aromatic rings. The lowest BCUT2D eigenvalue weighted by molar-refractivity contribution is -0.120. The lowest BCUT2D eigenvalue weighted by Crippen LogP contribution is -2.13. The van der Waals surface area contributed by atoms with Gasteiger partial charge in [-0.1, -0.05) is 59.3 Å². The van der Waals surface area contributed by atoms with E-state index in [0.29, 0.717) is 5.41 Å². The molecule has 0 aliphatic carbocycles. The highest BCUT2D eigenvalue weighted by Crippen LogP contribution is 2.22. The van der Waals surface area contributed by atoms with Crippen molar-refractivity contribution in [2.75, 3.05) is 20.7 Å². The molecule has 17 heavy (non-hydrogen) atoms. The van der Waals surface area contributed by atoms with Gasteiger partial charge in [-0.25, -0.2) is 0 Å². The molecule has 0 N–H and O–H groups in total. The van der Waals surface area contributed by atoms with Gasteiger partial charge >= 0.3 is 0 Å². The molecule has 0 spiro atoms. The van der Waals surface area contributed by atoms with Crippen molar-refractivity contribution in [1.29, 1.82) is 0 Å². The highest BCUT2D eigenvalue weighted by Gasteiger charge is 2.08. The van der Waals surface area contributed by atoms with E-state index in [-0.39, 0.29) is 0 Å². The molecule has 0 amide bonds. The van der Waals surface area contributed by atoms with E-state index in [4.69, 9.17) is 4.84 Å². The summed E-state index contributed by atoms with van der Waals surface area (Å²) in [4.78, 5) is 5.36. The summed E-state index contributed by atoms with van der Waals surface area (Å²) in [5.41, 5.74) is 0.517. The summed E-state index contributed by atoms with van der Waals surface area (Å²) in [7, 11) is 3.88. The first-order chi connectivity index (χ1) is 7.92. The van der Waals surface area contributed by atoms with Crippen molar-refractivity contribution in [2.24, 2.45) is 5.41 Å². The predicted molar refractivity (Wildman–Crippen MR) is 76.0 cm³/mol. The Kier molecular flexibility index (Phi) is 9.85. The van der Waals surface area contributed by atoms with Gasteiger partial charge in [0.25, 0.3) is 0 Å². The maximum absolute atomic E-state index is 5.36. The van der Waals surface area contributed by atoms with Crippen LogP contribution in [-0.2, 0) is 4.84 Å². The Hall–Kier alpha value is -0.0800. The summed E-state index contributed by atoms with van der Waals surface area (Å²) in [6, 6.07) is 0. The van der Waals surface area contributed by atoms with Gasteiger partial charge in [0.2, 0.25) is 0 Å². The smallest absolute Gasteiger partial charge is 0.0684 e. The van der Waals surface area contributed by atoms with Crippen LogP contribution in [0.5, 0.6) is 0 Å². The molecule has 0 aliphatic heterocycles. The van der Waals surface area contributed by atoms with E-state index in [0.717, 1.165) is 6.61 Å². The molecule has 0 fully saturated rings. The van der Waals surface area contributed by atoms with E-state index in [2.05, 4.69) is 20.8 Å². The topological polar surface area (TPSA) is 12.5 Å². The van der Waals surface area contributed by atoms with Crippen molar-refractivity contribution >= 4 is 0 Å². The van der Waals surface area contributed by atoms with Gasteiger partial charge in [-0.3, -0.25) is 4.84 Å². The number of hydroxylamine groups is 2. The minimum Gasteiger partial charge on any atom is -0.300 e. The van der Waals surface area contributed by atoms with Gasteiger partial charge in [-0.05, 0) is 18.3 Å². The summed E-state index contributed by atoms with van der Waals surface area (Å²) >= 11 is 0. The van der Waals surface area contributed by atoms with Gasteiger partial charge in [-0.2, -0.15) is 5.06 Å². The molecule has 0 atom stereocenters. The first kappa shape index (κ1) is 16.9. The van der Waals surface area contributed by atoms with Crippen LogP contribution in [0, 0.1) is 5.41 Å². The number of hydrogen-bond donors (Lipinski definition) is 0. The van der Waals surface area contributed by atoms with E-state index in [1.54, 1.807) is 5.06 Å². The molecule has 104 valence electrons. The summed E-state index contributed by atoms with van der Waals surface area (Å²) in [6.07, 6.45) is 10.8. The van der Waals surface area contributed by atoms with Gasteiger partial charge in [0.1, 0.15) is 0 Å². The van der Waals surface area contributed by atoms with Crippen LogP contribution in [0.25, 0.3) is 0 Å². The van der Waals surface area contributed by atoms with Gasteiger partial charge in [0.05, 0.1) is 6.61 Å². The second kappa shape index (κ2) is 9.90. The van der Waals surface area contributed by atoms with Crippen molar-refractivity contribution in [3.63, 3.8) is 0 Å². The zero-order chi connectivity index (χ0) is 13.1. The Balaban J connectivity index is 3.04. The van der Waals surface area contributed by atoms with Crippen molar-refractivity contribution in [1.82, 2.24) is 5.06 Å². The minimum absolute atomic E-state index is 0.517. The fraction of sp³-hybridized carbons (Fsp3) is 1.00. The van der Waals surface area contributed by atoms with Gasteiger partial charge in [0, 0.05) is 14.1 Å². The number of hydrogen-bond acceptors (Lipinski definition) is 2. The quantitative estimate of drug-likeness (QED) is 0.409. The van der Waals surface area contributed by atoms with Crippen LogP contribution in [0.15, 0.2) is 0 Å². The first-order valence-electron chi connectivity index (χ1n) is 7.22. The standard InChI is InChI=1S/C15H33NO/c1-15(2,3)13-11-9-7-6-8-10-12-14-17-16(4)5/h6-14H2,1-5H3. The van der Waals surface area contributed by atoms with E-state index in [9.17, 15) is 0 Å². The second-order valence-electron chi connectivity index (χ2n) is 6.43. The van der Waals surface area contributed by atoms with Crippen molar-refractivity contribution in [2.45, 2.75) is 72.1 Å². The number of nitrogens with zero attached hydrogens (tertiary/aromatic N) is 1. The van der Waals surface area contributed by atoms with Crippen LogP contribution < -0.4 is 0 Å². The maximum Gasteiger partial charge on any atom is 0.0684 e. The normalized spacial score (nSPS) is 12.4. The maximum atomic E-state index is 5.36. The van der Waals surface area contributed by atoms with Crippen LogP contribution >= 0.6 is 0 Å². The van der Waals surface area contributed by atoms with Crippen LogP contribution in [0.1, 0.15) is 72.1 Å². The van der Waals surface area contributed by atoms with Gasteiger partial charge < -0.3 is 0 Å². The van der Waals surface area contributed by atoms with Crippen LogP contribution in [0.2, 0.25) is 0 Å². The molecule has 0 unspecified atom stereocenters. The zero-order valence-electron chi connectivity index (χ0n) is 12.7. The molecule has 0 rings (SSSR count). The second-order valence-corrected chi connectivity index (χ2v) is 6.43. The lowest BCUT2D eigenvalue weighted by Gasteiger charge is -2.17. The third kappa shape index (κ3) is 15.9. The van der Waals surface area contributed by atoms with Gasteiger partial charge in [0.15, 0.2) is 0 Å². The van der Waals surface area contributed by atoms with Gasteiger partial charge in [-0.15, -0.1) is 0 Å². The fourth-order valence-electron chi connectivity index (χ4n) is 1.89. The number of unbranched alkanes of at least 4 members (excludes halogenated alkanes) is 6. The Bertz CT molecular complexity index is 161. The monoisotopic (exact) mass is 243 g/mol.